The van der Waals surface area contributed by atoms with Crippen molar-refractivity contribution in [2.24, 2.45) is 0 Å². The van der Waals surface area contributed by atoms with E-state index in [1.165, 1.54) is 12.1 Å². The van der Waals surface area contributed by atoms with Gasteiger partial charge in [0.2, 0.25) is 0 Å². The van der Waals surface area contributed by atoms with Gasteiger partial charge in [0.25, 0.3) is 0 Å². The first-order valence-corrected chi connectivity index (χ1v) is 12.7. The summed E-state index contributed by atoms with van der Waals surface area (Å²) in [5.41, 5.74) is 2.67. The number of para-hydroxylation sites is 1. The maximum absolute atomic E-state index is 13.2. The van der Waals surface area contributed by atoms with Crippen LogP contribution in [-0.4, -0.2) is 54.5 Å². The number of aryl methyl sites for hydroxylation is 2. The number of carbonyl (C=O) groups excluding carboxylic acids is 1. The lowest BCUT2D eigenvalue weighted by atomic mass is 10.1. The summed E-state index contributed by atoms with van der Waals surface area (Å²) in [7, 11) is 0. The molecule has 0 aliphatic carbocycles. The number of carbonyl (C=O) groups is 2. The molecule has 0 fully saturated rings. The third kappa shape index (κ3) is 9.19. The highest BCUT2D eigenvalue weighted by atomic mass is 19.1. The predicted molar refractivity (Wildman–Crippen MR) is 142 cm³/mol. The highest BCUT2D eigenvalue weighted by Crippen LogP contribution is 2.18. The summed E-state index contributed by atoms with van der Waals surface area (Å²) in [6, 6.07) is 20.8. The topological polar surface area (TPSA) is 85.3 Å². The monoisotopic (exact) mass is 523 g/mol. The van der Waals surface area contributed by atoms with Gasteiger partial charge in [0.05, 0.1) is 6.54 Å². The average Bonchev–Trinajstić information content (AvgIpc) is 2.90. The van der Waals surface area contributed by atoms with E-state index in [1.807, 2.05) is 25.1 Å². The van der Waals surface area contributed by atoms with Gasteiger partial charge in [0, 0.05) is 19.6 Å². The first-order chi connectivity index (χ1) is 18.4. The van der Waals surface area contributed by atoms with Crippen LogP contribution in [-0.2, 0) is 22.4 Å². The molecule has 0 radical (unpaired) electrons. The van der Waals surface area contributed by atoms with Crippen LogP contribution in [0.2, 0.25) is 0 Å². The molecule has 1 unspecified atom stereocenters. The number of amides is 1. The van der Waals surface area contributed by atoms with E-state index in [0.717, 1.165) is 16.7 Å². The number of carboxylic acid groups (broad SMARTS) is 1. The van der Waals surface area contributed by atoms with E-state index in [-0.39, 0.29) is 18.8 Å². The maximum Gasteiger partial charge on any atom is 0.415 e. The normalized spacial score (nSPS) is 11.6. The van der Waals surface area contributed by atoms with Crippen LogP contribution in [0.1, 0.15) is 30.0 Å². The Labute approximate surface area is 222 Å². The average molecular weight is 524 g/mol. The van der Waals surface area contributed by atoms with Gasteiger partial charge in [-0.3, -0.25) is 0 Å². The lowest BCUT2D eigenvalue weighted by Crippen LogP contribution is -2.37. The molecule has 3 aromatic carbocycles. The number of benzene rings is 3. The predicted octanol–water partition coefficient (Wildman–Crippen LogP) is 5.68. The molecular weight excluding hydrogens is 489 g/mol. The Kier molecular flexibility index (Phi) is 11.1. The number of halogens is 1. The largest absolute Gasteiger partial charge is 0.492 e. The molecular formula is C30H34FNO6. The molecule has 38 heavy (non-hydrogen) atoms. The fourth-order valence-electron chi connectivity index (χ4n) is 3.88. The molecule has 0 aliphatic rings. The molecule has 1 N–H and O–H groups in total. The van der Waals surface area contributed by atoms with Crippen LogP contribution in [0.5, 0.6) is 11.5 Å². The van der Waals surface area contributed by atoms with Crippen molar-refractivity contribution in [2.45, 2.75) is 39.2 Å². The Bertz CT molecular complexity index is 1170. The Hall–Kier alpha value is -3.91. The highest BCUT2D eigenvalue weighted by Gasteiger charge is 2.19. The minimum Gasteiger partial charge on any atom is -0.492 e. The number of ether oxygens (including phenoxy) is 3. The van der Waals surface area contributed by atoms with E-state index >= 15 is 0 Å². The molecule has 0 saturated heterocycles. The van der Waals surface area contributed by atoms with E-state index in [2.05, 4.69) is 0 Å². The lowest BCUT2D eigenvalue weighted by Gasteiger charge is -2.22. The lowest BCUT2D eigenvalue weighted by molar-refractivity contribution is -0.149. The van der Waals surface area contributed by atoms with Crippen LogP contribution < -0.4 is 9.47 Å². The standard InChI is InChI=1S/C30H34FNO6/c1-3-36-28(29(33)34)21-24-12-16-26(17-13-24)37-20-19-32(18-6-8-23-10-14-25(31)15-11-23)30(35)38-27-9-5-4-7-22(27)2/h4-5,7,9-17,28H,3,6,8,18-21H2,1-2H3,(H,33,34). The highest BCUT2D eigenvalue weighted by molar-refractivity contribution is 5.72. The van der Waals surface area contributed by atoms with Gasteiger partial charge in [0.15, 0.2) is 6.10 Å². The Morgan fingerprint density at radius 2 is 1.63 bits per heavy atom. The van der Waals surface area contributed by atoms with Gasteiger partial charge >= 0.3 is 12.1 Å². The summed E-state index contributed by atoms with van der Waals surface area (Å²) in [5, 5.41) is 9.27. The molecule has 7 nitrogen and oxygen atoms in total. The molecule has 0 bridgehead atoms. The summed E-state index contributed by atoms with van der Waals surface area (Å²) in [6.07, 6.45) is 0.266. The van der Waals surface area contributed by atoms with Crippen LogP contribution in [0, 0.1) is 12.7 Å². The van der Waals surface area contributed by atoms with Gasteiger partial charge in [-0.05, 0) is 73.7 Å². The summed E-state index contributed by atoms with van der Waals surface area (Å²) in [5.74, 6) is -0.164. The van der Waals surface area contributed by atoms with Crippen LogP contribution in [0.15, 0.2) is 72.8 Å². The van der Waals surface area contributed by atoms with Crippen molar-refractivity contribution in [1.29, 1.82) is 0 Å². The summed E-state index contributed by atoms with van der Waals surface area (Å²) >= 11 is 0. The molecule has 1 amide bonds. The number of hydrogen-bond donors (Lipinski definition) is 1. The summed E-state index contributed by atoms with van der Waals surface area (Å²) in [6.45, 7) is 4.96. The maximum atomic E-state index is 13.2. The third-order valence-corrected chi connectivity index (χ3v) is 5.97. The van der Waals surface area contributed by atoms with E-state index in [1.54, 1.807) is 54.3 Å². The number of rotatable bonds is 14. The second-order valence-electron chi connectivity index (χ2n) is 8.83. The minimum atomic E-state index is -0.996. The molecule has 8 heteroatoms. The quantitative estimate of drug-likeness (QED) is 0.293. The Morgan fingerprint density at radius 1 is 0.947 bits per heavy atom. The first-order valence-electron chi connectivity index (χ1n) is 12.7. The van der Waals surface area contributed by atoms with Crippen molar-refractivity contribution in [3.8, 4) is 11.5 Å². The zero-order valence-corrected chi connectivity index (χ0v) is 21.8. The molecule has 1 atom stereocenters. The number of carboxylic acids is 1. The van der Waals surface area contributed by atoms with Crippen LogP contribution in [0.3, 0.4) is 0 Å². The van der Waals surface area contributed by atoms with E-state index < -0.39 is 18.2 Å². The van der Waals surface area contributed by atoms with Crippen molar-refractivity contribution in [3.63, 3.8) is 0 Å². The van der Waals surface area contributed by atoms with Gasteiger partial charge in [-0.25, -0.2) is 14.0 Å². The molecule has 0 heterocycles. The molecule has 202 valence electrons. The number of aliphatic carboxylic acids is 1. The van der Waals surface area contributed by atoms with Gasteiger partial charge < -0.3 is 24.2 Å². The van der Waals surface area contributed by atoms with E-state index in [0.29, 0.717) is 44.0 Å². The van der Waals surface area contributed by atoms with Crippen LogP contribution >= 0.6 is 0 Å². The summed E-state index contributed by atoms with van der Waals surface area (Å²) in [4.78, 5) is 25.9. The minimum absolute atomic E-state index is 0.245. The van der Waals surface area contributed by atoms with Gasteiger partial charge in [0.1, 0.15) is 23.9 Å². The van der Waals surface area contributed by atoms with Crippen molar-refractivity contribution in [3.05, 3.63) is 95.3 Å². The number of nitrogens with zero attached hydrogens (tertiary/aromatic N) is 1. The van der Waals surface area contributed by atoms with Gasteiger partial charge in [-0.1, -0.05) is 42.5 Å². The van der Waals surface area contributed by atoms with E-state index in [4.69, 9.17) is 14.2 Å². The Morgan fingerprint density at radius 3 is 2.29 bits per heavy atom. The fraction of sp³-hybridized carbons (Fsp3) is 0.333. The molecule has 0 saturated carbocycles. The van der Waals surface area contributed by atoms with Crippen molar-refractivity contribution in [2.75, 3.05) is 26.3 Å². The molecule has 0 aromatic heterocycles. The zero-order chi connectivity index (χ0) is 27.3. The van der Waals surface area contributed by atoms with Crippen LogP contribution in [0.4, 0.5) is 9.18 Å². The smallest absolute Gasteiger partial charge is 0.415 e. The molecule has 0 aliphatic heterocycles. The Balaban J connectivity index is 1.57. The van der Waals surface area contributed by atoms with Gasteiger partial charge in [-0.2, -0.15) is 0 Å². The second kappa shape index (κ2) is 14.7. The second-order valence-corrected chi connectivity index (χ2v) is 8.83. The molecule has 3 rings (SSSR count). The van der Waals surface area contributed by atoms with Crippen LogP contribution in [0.25, 0.3) is 0 Å². The van der Waals surface area contributed by atoms with Gasteiger partial charge in [-0.15, -0.1) is 0 Å². The number of hydrogen-bond acceptors (Lipinski definition) is 5. The third-order valence-electron chi connectivity index (χ3n) is 5.97. The first kappa shape index (κ1) is 28.7. The molecule has 3 aromatic rings. The summed E-state index contributed by atoms with van der Waals surface area (Å²) < 4.78 is 30.0. The fourth-order valence-corrected chi connectivity index (χ4v) is 3.88. The van der Waals surface area contributed by atoms with Crippen molar-refractivity contribution >= 4 is 12.1 Å². The zero-order valence-electron chi connectivity index (χ0n) is 21.8. The van der Waals surface area contributed by atoms with E-state index in [9.17, 15) is 19.1 Å². The van der Waals surface area contributed by atoms with Crippen molar-refractivity contribution < 1.29 is 33.3 Å². The molecule has 0 spiro atoms. The SMILES string of the molecule is CCOC(Cc1ccc(OCCN(CCCc2ccc(F)cc2)C(=O)Oc2ccccc2C)cc1)C(=O)O. The van der Waals surface area contributed by atoms with Crippen molar-refractivity contribution in [1.82, 2.24) is 4.90 Å².